The molecule has 0 radical (unpaired) electrons. The highest BCUT2D eigenvalue weighted by Gasteiger charge is 2.31. The van der Waals surface area contributed by atoms with Gasteiger partial charge >= 0.3 is 0 Å². The fraction of sp³-hybridized carbons (Fsp3) is 0.320. The zero-order valence-corrected chi connectivity index (χ0v) is 18.8. The third kappa shape index (κ3) is 3.77. The van der Waals surface area contributed by atoms with Gasteiger partial charge in [-0.15, -0.1) is 0 Å². The number of aromatic hydroxyl groups is 1. The predicted octanol–water partition coefficient (Wildman–Crippen LogP) is 2.22. The number of aryl methyl sites for hydroxylation is 1. The number of hydrogen-bond donors (Lipinski definition) is 3. The van der Waals surface area contributed by atoms with Gasteiger partial charge in [0.25, 0.3) is 0 Å². The molecule has 3 N–H and O–H groups in total. The average Bonchev–Trinajstić information content (AvgIpc) is 3.34. The molecule has 176 valence electrons. The number of fused-ring (bicyclic) bond motifs is 2. The summed E-state index contributed by atoms with van der Waals surface area (Å²) in [6.45, 7) is 1.61. The topological polar surface area (TPSA) is 117 Å². The fourth-order valence-corrected chi connectivity index (χ4v) is 4.76. The van der Waals surface area contributed by atoms with Crippen molar-refractivity contribution in [3.8, 4) is 11.5 Å². The first-order valence-electron chi connectivity index (χ1n) is 11.3. The lowest BCUT2D eigenvalue weighted by atomic mass is 9.95. The van der Waals surface area contributed by atoms with Crippen LogP contribution in [0.1, 0.15) is 28.8 Å². The number of piperidine rings is 1. The summed E-state index contributed by atoms with van der Waals surface area (Å²) in [5.41, 5.74) is 2.73. The molecule has 4 heterocycles. The fourth-order valence-electron chi connectivity index (χ4n) is 4.76. The average molecular weight is 463 g/mol. The number of hydrogen-bond acceptors (Lipinski definition) is 7. The smallest absolute Gasteiger partial charge is 0.235 e. The monoisotopic (exact) mass is 462 g/mol. The third-order valence-corrected chi connectivity index (χ3v) is 6.44. The van der Waals surface area contributed by atoms with Gasteiger partial charge in [-0.3, -0.25) is 9.59 Å². The van der Waals surface area contributed by atoms with Gasteiger partial charge in [0, 0.05) is 61.6 Å². The number of aromatic nitrogens is 2. The van der Waals surface area contributed by atoms with Gasteiger partial charge in [0.05, 0.1) is 6.61 Å². The van der Waals surface area contributed by atoms with Crippen LogP contribution >= 0.6 is 0 Å². The number of pyridine rings is 1. The Bertz CT molecular complexity index is 1300. The standard InChI is InChI=1S/C25H26N4O5/c1-28-14-16(13-20-23(32)22-18(31)3-2-4-19(22)34-20)21-17(5-8-26-24(21)28)29-10-6-15(7-11-29)25(33)27-9-12-30/h2-5,8,13-15,30-31H,6-7,9-12H2,1H3,(H,27,33)/b20-13-. The Morgan fingerprint density at radius 3 is 2.82 bits per heavy atom. The van der Waals surface area contributed by atoms with Crippen molar-refractivity contribution in [1.82, 2.24) is 14.9 Å². The van der Waals surface area contributed by atoms with Crippen molar-refractivity contribution >= 4 is 34.5 Å². The number of nitrogens with one attached hydrogen (secondary N) is 1. The Morgan fingerprint density at radius 1 is 1.29 bits per heavy atom. The number of ketones is 1. The van der Waals surface area contributed by atoms with Crippen molar-refractivity contribution in [1.29, 1.82) is 0 Å². The maximum atomic E-state index is 12.9. The quantitative estimate of drug-likeness (QED) is 0.498. The summed E-state index contributed by atoms with van der Waals surface area (Å²) >= 11 is 0. The molecule has 0 aliphatic carbocycles. The lowest BCUT2D eigenvalue weighted by Gasteiger charge is -2.33. The number of Topliss-reactive ketones (excluding diaryl/α,β-unsaturated/α-hetero) is 1. The second-order valence-electron chi connectivity index (χ2n) is 8.59. The number of rotatable bonds is 5. The number of carbonyl (C=O) groups excluding carboxylic acids is 2. The Labute approximate surface area is 196 Å². The van der Waals surface area contributed by atoms with Crippen molar-refractivity contribution in [2.24, 2.45) is 13.0 Å². The van der Waals surface area contributed by atoms with E-state index in [4.69, 9.17) is 9.84 Å². The van der Waals surface area contributed by atoms with Crippen molar-refractivity contribution in [2.45, 2.75) is 12.8 Å². The first-order valence-corrected chi connectivity index (χ1v) is 11.3. The summed E-state index contributed by atoms with van der Waals surface area (Å²) in [5.74, 6) is -0.0524. The number of anilines is 1. The van der Waals surface area contributed by atoms with Gasteiger partial charge in [0.1, 0.15) is 22.7 Å². The molecule has 0 unspecified atom stereocenters. The van der Waals surface area contributed by atoms with Crippen molar-refractivity contribution < 1.29 is 24.5 Å². The number of aliphatic hydroxyl groups excluding tert-OH is 1. The molecule has 0 saturated carbocycles. The maximum Gasteiger partial charge on any atom is 0.235 e. The van der Waals surface area contributed by atoms with E-state index in [1.807, 2.05) is 23.9 Å². The molecule has 1 saturated heterocycles. The summed E-state index contributed by atoms with van der Waals surface area (Å²) in [5, 5.41) is 22.7. The van der Waals surface area contributed by atoms with Gasteiger partial charge in [-0.05, 0) is 37.1 Å². The molecular formula is C25H26N4O5. The van der Waals surface area contributed by atoms with Crippen molar-refractivity contribution in [3.63, 3.8) is 0 Å². The molecule has 0 bridgehead atoms. The van der Waals surface area contributed by atoms with Crippen LogP contribution in [0, 0.1) is 5.92 Å². The lowest BCUT2D eigenvalue weighted by Crippen LogP contribution is -2.41. The Balaban J connectivity index is 1.45. The minimum atomic E-state index is -0.356. The minimum Gasteiger partial charge on any atom is -0.507 e. The van der Waals surface area contributed by atoms with Gasteiger partial charge in [-0.25, -0.2) is 4.98 Å². The molecule has 1 fully saturated rings. The lowest BCUT2D eigenvalue weighted by molar-refractivity contribution is -0.125. The number of phenolic OH excluding ortho intramolecular Hbond substituents is 1. The molecule has 5 rings (SSSR count). The molecule has 9 nitrogen and oxygen atoms in total. The second-order valence-corrected chi connectivity index (χ2v) is 8.59. The number of phenols is 1. The Morgan fingerprint density at radius 2 is 2.09 bits per heavy atom. The second kappa shape index (κ2) is 8.83. The van der Waals surface area contributed by atoms with Crippen molar-refractivity contribution in [2.75, 3.05) is 31.1 Å². The van der Waals surface area contributed by atoms with Crippen LogP contribution in [0.15, 0.2) is 42.4 Å². The van der Waals surface area contributed by atoms with Crippen LogP contribution in [-0.2, 0) is 11.8 Å². The Hall–Kier alpha value is -3.85. The number of aliphatic hydroxyl groups is 1. The molecule has 2 aliphatic heterocycles. The molecule has 0 spiro atoms. The largest absolute Gasteiger partial charge is 0.507 e. The van der Waals surface area contributed by atoms with E-state index in [0.717, 1.165) is 22.3 Å². The van der Waals surface area contributed by atoms with E-state index in [9.17, 15) is 14.7 Å². The number of amides is 1. The van der Waals surface area contributed by atoms with E-state index in [-0.39, 0.29) is 47.8 Å². The van der Waals surface area contributed by atoms with Gasteiger partial charge in [-0.2, -0.15) is 0 Å². The van der Waals surface area contributed by atoms with Crippen LogP contribution in [0.2, 0.25) is 0 Å². The third-order valence-electron chi connectivity index (χ3n) is 6.44. The highest BCUT2D eigenvalue weighted by molar-refractivity contribution is 6.17. The van der Waals surface area contributed by atoms with Gasteiger partial charge in [0.15, 0.2) is 5.76 Å². The number of ether oxygens (including phenoxy) is 1. The summed E-state index contributed by atoms with van der Waals surface area (Å²) in [6, 6.07) is 6.72. The SMILES string of the molecule is Cn1cc(/C=C2\Oc3cccc(O)c3C2=O)c2c(N3CCC(C(=O)NCCO)CC3)ccnc21. The first kappa shape index (κ1) is 22.0. The summed E-state index contributed by atoms with van der Waals surface area (Å²) in [4.78, 5) is 31.9. The highest BCUT2D eigenvalue weighted by atomic mass is 16.5. The molecule has 1 aromatic carbocycles. The van der Waals surface area contributed by atoms with Crippen LogP contribution < -0.4 is 15.0 Å². The number of allylic oxidation sites excluding steroid dienone is 1. The summed E-state index contributed by atoms with van der Waals surface area (Å²) in [6.07, 6.45) is 6.79. The zero-order chi connectivity index (χ0) is 23.8. The summed E-state index contributed by atoms with van der Waals surface area (Å²) in [7, 11) is 1.90. The number of nitrogens with zero attached hydrogens (tertiary/aromatic N) is 3. The molecule has 1 amide bonds. The molecule has 0 atom stereocenters. The van der Waals surface area contributed by atoms with E-state index >= 15 is 0 Å². The van der Waals surface area contributed by atoms with Crippen LogP contribution in [0.5, 0.6) is 11.5 Å². The molecule has 9 heteroatoms. The van der Waals surface area contributed by atoms with Crippen molar-refractivity contribution in [3.05, 3.63) is 53.5 Å². The van der Waals surface area contributed by atoms with E-state index in [0.29, 0.717) is 31.7 Å². The molecule has 3 aromatic rings. The molecule has 34 heavy (non-hydrogen) atoms. The first-order chi connectivity index (χ1) is 16.5. The van der Waals surface area contributed by atoms with Gasteiger partial charge in [0.2, 0.25) is 11.7 Å². The Kier molecular flexibility index (Phi) is 5.70. The molecule has 2 aliphatic rings. The predicted molar refractivity (Wildman–Crippen MR) is 127 cm³/mol. The normalized spacial score (nSPS) is 17.3. The van der Waals surface area contributed by atoms with Crippen LogP contribution in [-0.4, -0.2) is 57.7 Å². The van der Waals surface area contributed by atoms with Crippen LogP contribution in [0.3, 0.4) is 0 Å². The number of carbonyl (C=O) groups is 2. The zero-order valence-electron chi connectivity index (χ0n) is 18.8. The highest BCUT2D eigenvalue weighted by Crippen LogP contribution is 2.39. The molecular weight excluding hydrogens is 436 g/mol. The van der Waals surface area contributed by atoms with Gasteiger partial charge < -0.3 is 29.7 Å². The van der Waals surface area contributed by atoms with Crippen LogP contribution in [0.4, 0.5) is 5.69 Å². The van der Waals surface area contributed by atoms with E-state index in [1.54, 1.807) is 24.4 Å². The maximum absolute atomic E-state index is 12.9. The van der Waals surface area contributed by atoms with Crippen LogP contribution in [0.25, 0.3) is 17.1 Å². The summed E-state index contributed by atoms with van der Waals surface area (Å²) < 4.78 is 7.67. The van der Waals surface area contributed by atoms with E-state index < -0.39 is 0 Å². The van der Waals surface area contributed by atoms with E-state index in [1.165, 1.54) is 6.07 Å². The van der Waals surface area contributed by atoms with E-state index in [2.05, 4.69) is 15.2 Å². The van der Waals surface area contributed by atoms with Gasteiger partial charge in [-0.1, -0.05) is 6.07 Å². The number of benzene rings is 1. The molecule has 2 aromatic heterocycles. The minimum absolute atomic E-state index is 0.0153.